The third-order valence-electron chi connectivity index (χ3n) is 2.66. The van der Waals surface area contributed by atoms with Crippen molar-refractivity contribution < 1.29 is 9.53 Å². The average molecular weight is 245 g/mol. The number of methoxy groups -OCH3 is 1. The molecule has 0 saturated heterocycles. The van der Waals surface area contributed by atoms with Crippen LogP contribution >= 0.6 is 0 Å². The number of nitrogens with two attached hydrogens (primary N) is 1. The van der Waals surface area contributed by atoms with E-state index in [1.165, 1.54) is 0 Å². The highest BCUT2D eigenvalue weighted by Crippen LogP contribution is 2.02. The molecular weight excluding hydrogens is 218 g/mol. The van der Waals surface area contributed by atoms with E-state index in [4.69, 9.17) is 10.5 Å². The number of hydrogen-bond donors (Lipinski definition) is 1. The summed E-state index contributed by atoms with van der Waals surface area (Å²) in [7, 11) is 5.60. The molecule has 0 aromatic rings. The van der Waals surface area contributed by atoms with Crippen molar-refractivity contribution >= 4 is 5.91 Å². The molecule has 5 heteroatoms. The van der Waals surface area contributed by atoms with Crippen molar-refractivity contribution in [2.45, 2.75) is 25.9 Å². The summed E-state index contributed by atoms with van der Waals surface area (Å²) in [5.41, 5.74) is 5.52. The van der Waals surface area contributed by atoms with Crippen LogP contribution in [0.15, 0.2) is 0 Å². The van der Waals surface area contributed by atoms with Gasteiger partial charge in [-0.05, 0) is 20.5 Å². The van der Waals surface area contributed by atoms with E-state index >= 15 is 0 Å². The van der Waals surface area contributed by atoms with Crippen molar-refractivity contribution in [2.24, 2.45) is 5.73 Å². The normalized spacial score (nSPS) is 12.8. The Balaban J connectivity index is 4.22. The van der Waals surface area contributed by atoms with Crippen molar-refractivity contribution in [1.82, 2.24) is 9.80 Å². The first-order valence-electron chi connectivity index (χ1n) is 6.20. The molecule has 17 heavy (non-hydrogen) atoms. The van der Waals surface area contributed by atoms with E-state index in [9.17, 15) is 4.79 Å². The van der Waals surface area contributed by atoms with Crippen LogP contribution in [-0.4, -0.2) is 69.2 Å². The number of amides is 1. The molecule has 0 bridgehead atoms. The highest BCUT2D eigenvalue weighted by Gasteiger charge is 2.17. The average Bonchev–Trinajstić information content (AvgIpc) is 2.30. The first-order chi connectivity index (χ1) is 8.04. The quantitative estimate of drug-likeness (QED) is 0.628. The number of carbonyl (C=O) groups is 1. The van der Waals surface area contributed by atoms with Crippen LogP contribution in [-0.2, 0) is 9.53 Å². The lowest BCUT2D eigenvalue weighted by Gasteiger charge is -2.25. The molecule has 1 amide bonds. The number of carbonyl (C=O) groups excluding carboxylic acids is 1. The zero-order valence-corrected chi connectivity index (χ0v) is 11.6. The molecule has 0 rings (SSSR count). The summed E-state index contributed by atoms with van der Waals surface area (Å²) >= 11 is 0. The van der Waals surface area contributed by atoms with Crippen molar-refractivity contribution in [2.75, 3.05) is 47.4 Å². The van der Waals surface area contributed by atoms with Crippen LogP contribution in [0, 0.1) is 0 Å². The van der Waals surface area contributed by atoms with Crippen LogP contribution < -0.4 is 5.73 Å². The van der Waals surface area contributed by atoms with Gasteiger partial charge in [-0.2, -0.15) is 0 Å². The molecule has 0 fully saturated rings. The zero-order valence-electron chi connectivity index (χ0n) is 11.6. The number of nitrogens with zero attached hydrogens (tertiary/aromatic N) is 2. The second-order valence-electron chi connectivity index (χ2n) is 4.48. The lowest BCUT2D eigenvalue weighted by atomic mass is 10.2. The summed E-state index contributed by atoms with van der Waals surface area (Å²) in [6.07, 6.45) is 1.18. The monoisotopic (exact) mass is 245 g/mol. The molecule has 0 heterocycles. The number of likely N-dealkylation sites (N-methyl/N-ethyl adjacent to an activating group) is 1. The molecule has 5 nitrogen and oxygen atoms in total. The van der Waals surface area contributed by atoms with Gasteiger partial charge in [0.15, 0.2) is 0 Å². The molecular formula is C12H27N3O2. The maximum absolute atomic E-state index is 12.0. The molecule has 0 aliphatic heterocycles. The second-order valence-corrected chi connectivity index (χ2v) is 4.48. The summed E-state index contributed by atoms with van der Waals surface area (Å²) in [5, 5.41) is 0. The molecule has 0 aliphatic rings. The van der Waals surface area contributed by atoms with Gasteiger partial charge in [-0.3, -0.25) is 4.79 Å². The fourth-order valence-electron chi connectivity index (χ4n) is 1.54. The summed E-state index contributed by atoms with van der Waals surface area (Å²) < 4.78 is 5.14. The fraction of sp³-hybridized carbons (Fsp3) is 0.917. The van der Waals surface area contributed by atoms with E-state index < -0.39 is 0 Å². The Morgan fingerprint density at radius 3 is 2.35 bits per heavy atom. The number of rotatable bonds is 9. The Kier molecular flexibility index (Phi) is 9.03. The Bertz CT molecular complexity index is 206. The minimum Gasteiger partial charge on any atom is -0.380 e. The van der Waals surface area contributed by atoms with E-state index in [0.29, 0.717) is 13.0 Å². The van der Waals surface area contributed by atoms with E-state index in [-0.39, 0.29) is 12.0 Å². The maximum atomic E-state index is 12.0. The Morgan fingerprint density at radius 1 is 1.29 bits per heavy atom. The largest absolute Gasteiger partial charge is 0.380 e. The van der Waals surface area contributed by atoms with Gasteiger partial charge in [0.05, 0.1) is 12.5 Å². The third-order valence-corrected chi connectivity index (χ3v) is 2.66. The van der Waals surface area contributed by atoms with Crippen LogP contribution in [0.1, 0.15) is 19.8 Å². The maximum Gasteiger partial charge on any atom is 0.225 e. The number of ether oxygens (including phenoxy) is 1. The predicted molar refractivity (Wildman–Crippen MR) is 69.9 cm³/mol. The van der Waals surface area contributed by atoms with Crippen molar-refractivity contribution in [3.05, 3.63) is 0 Å². The summed E-state index contributed by atoms with van der Waals surface area (Å²) in [5.74, 6) is 0.131. The molecule has 0 radical (unpaired) electrons. The first-order valence-corrected chi connectivity index (χ1v) is 6.20. The molecule has 0 aromatic carbocycles. The van der Waals surface area contributed by atoms with Gasteiger partial charge in [-0.25, -0.2) is 0 Å². The zero-order chi connectivity index (χ0) is 13.3. The molecule has 0 spiro atoms. The van der Waals surface area contributed by atoms with E-state index in [2.05, 4.69) is 11.8 Å². The standard InChI is InChI=1S/C12H27N3O2/c1-5-6-15(8-7-14(2)3)12(16)9-11(10-13)17-4/h11H,5-10,13H2,1-4H3. The molecule has 0 aliphatic carbocycles. The molecule has 1 atom stereocenters. The van der Waals surface area contributed by atoms with Gasteiger partial charge in [0.1, 0.15) is 0 Å². The summed E-state index contributed by atoms with van der Waals surface area (Å²) in [6.45, 7) is 4.91. The van der Waals surface area contributed by atoms with Gasteiger partial charge in [0, 0.05) is 33.3 Å². The van der Waals surface area contributed by atoms with Crippen LogP contribution in [0.5, 0.6) is 0 Å². The highest BCUT2D eigenvalue weighted by molar-refractivity contribution is 5.76. The predicted octanol–water partition coefficient (Wildman–Crippen LogP) is 0.150. The molecule has 1 unspecified atom stereocenters. The smallest absolute Gasteiger partial charge is 0.225 e. The summed E-state index contributed by atoms with van der Waals surface area (Å²) in [6, 6.07) is 0. The number of hydrogen-bond acceptors (Lipinski definition) is 4. The van der Waals surface area contributed by atoms with Gasteiger partial charge in [0.25, 0.3) is 0 Å². The minimum atomic E-state index is -0.166. The molecule has 2 N–H and O–H groups in total. The van der Waals surface area contributed by atoms with E-state index in [1.807, 2.05) is 19.0 Å². The van der Waals surface area contributed by atoms with Crippen molar-refractivity contribution in [3.8, 4) is 0 Å². The van der Waals surface area contributed by atoms with Crippen LogP contribution in [0.4, 0.5) is 0 Å². The Hall–Kier alpha value is -0.650. The van der Waals surface area contributed by atoms with Crippen molar-refractivity contribution in [3.63, 3.8) is 0 Å². The van der Waals surface area contributed by atoms with Gasteiger partial charge in [-0.15, -0.1) is 0 Å². The van der Waals surface area contributed by atoms with Crippen LogP contribution in [0.2, 0.25) is 0 Å². The van der Waals surface area contributed by atoms with E-state index in [0.717, 1.165) is 26.1 Å². The van der Waals surface area contributed by atoms with E-state index in [1.54, 1.807) is 7.11 Å². The fourth-order valence-corrected chi connectivity index (χ4v) is 1.54. The molecule has 0 aromatic heterocycles. The minimum absolute atomic E-state index is 0.131. The molecule has 0 saturated carbocycles. The van der Waals surface area contributed by atoms with Gasteiger partial charge in [-0.1, -0.05) is 6.92 Å². The lowest BCUT2D eigenvalue weighted by molar-refractivity contribution is -0.133. The summed E-state index contributed by atoms with van der Waals surface area (Å²) in [4.78, 5) is 16.0. The van der Waals surface area contributed by atoms with Gasteiger partial charge < -0.3 is 20.3 Å². The highest BCUT2D eigenvalue weighted by atomic mass is 16.5. The lowest BCUT2D eigenvalue weighted by Crippen LogP contribution is -2.40. The first kappa shape index (κ1) is 16.4. The SMILES string of the molecule is CCCN(CCN(C)C)C(=O)CC(CN)OC. The second kappa shape index (κ2) is 9.39. The Morgan fingerprint density at radius 2 is 1.94 bits per heavy atom. The van der Waals surface area contributed by atoms with Crippen LogP contribution in [0.3, 0.4) is 0 Å². The third kappa shape index (κ3) is 7.31. The topological polar surface area (TPSA) is 58.8 Å². The van der Waals surface area contributed by atoms with Gasteiger partial charge >= 0.3 is 0 Å². The van der Waals surface area contributed by atoms with Crippen LogP contribution in [0.25, 0.3) is 0 Å². The molecule has 102 valence electrons. The Labute approximate surface area is 105 Å². The van der Waals surface area contributed by atoms with Crippen molar-refractivity contribution in [1.29, 1.82) is 0 Å². The van der Waals surface area contributed by atoms with Gasteiger partial charge in [0.2, 0.25) is 5.91 Å².